The van der Waals surface area contributed by atoms with Gasteiger partial charge in [-0.15, -0.1) is 6.58 Å². The average Bonchev–Trinajstić information content (AvgIpc) is 3.23. The second-order valence-electron chi connectivity index (χ2n) is 12.5. The molecule has 3 aliphatic heterocycles. The molecule has 3 heterocycles. The first-order valence-corrected chi connectivity index (χ1v) is 15.2. The van der Waals surface area contributed by atoms with Gasteiger partial charge in [0.2, 0.25) is 0 Å². The Morgan fingerprint density at radius 3 is 2.98 bits per heavy atom. The summed E-state index contributed by atoms with van der Waals surface area (Å²) in [4.78, 5) is 18.1. The van der Waals surface area contributed by atoms with E-state index < -0.39 is 5.67 Å². The van der Waals surface area contributed by atoms with Crippen molar-refractivity contribution < 1.29 is 18.7 Å². The number of hydrogen-bond donors (Lipinski definition) is 2. The lowest BCUT2D eigenvalue weighted by atomic mass is 9.85. The highest BCUT2D eigenvalue weighted by atomic mass is 19.1. The zero-order chi connectivity index (χ0) is 28.3. The van der Waals surface area contributed by atoms with Gasteiger partial charge in [0.15, 0.2) is 0 Å². The number of halogens is 1. The number of allylic oxidation sites excluding steroid dienone is 1. The Hall–Kier alpha value is -2.67. The summed E-state index contributed by atoms with van der Waals surface area (Å²) in [6.07, 6.45) is 9.64. The molecule has 1 saturated heterocycles. The number of nitrogens with one attached hydrogen (secondary N) is 2. The molecule has 0 amide bonds. The quantitative estimate of drug-likeness (QED) is 0.330. The fraction of sp³-hybridized carbons (Fsp3) is 0.636. The van der Waals surface area contributed by atoms with Crippen molar-refractivity contribution in [1.82, 2.24) is 10.6 Å². The van der Waals surface area contributed by atoms with E-state index in [1.807, 2.05) is 25.1 Å². The molecule has 0 aromatic heterocycles. The summed E-state index contributed by atoms with van der Waals surface area (Å²) in [6.45, 7) is 12.0. The molecule has 7 heteroatoms. The lowest BCUT2D eigenvalue weighted by Gasteiger charge is -2.35. The molecule has 4 aliphatic rings. The number of para-hydroxylation sites is 1. The second-order valence-corrected chi connectivity index (χ2v) is 12.5. The van der Waals surface area contributed by atoms with Gasteiger partial charge in [-0.05, 0) is 70.8 Å². The minimum absolute atomic E-state index is 0.103. The number of ether oxygens (including phenoxy) is 2. The molecule has 2 fully saturated rings. The van der Waals surface area contributed by atoms with Gasteiger partial charge in [0.25, 0.3) is 0 Å². The van der Waals surface area contributed by atoms with E-state index in [1.54, 1.807) is 6.08 Å². The second kappa shape index (κ2) is 12.1. The van der Waals surface area contributed by atoms with Crippen LogP contribution in [0.15, 0.2) is 47.2 Å². The molecule has 218 valence electrons. The molecule has 6 nitrogen and oxygen atoms in total. The number of alkyl halides is 1. The summed E-state index contributed by atoms with van der Waals surface area (Å²) >= 11 is 0. The van der Waals surface area contributed by atoms with Gasteiger partial charge in [-0.1, -0.05) is 30.7 Å². The Morgan fingerprint density at radius 2 is 2.15 bits per heavy atom. The van der Waals surface area contributed by atoms with Crippen LogP contribution in [-0.2, 0) is 15.2 Å². The summed E-state index contributed by atoms with van der Waals surface area (Å²) in [6, 6.07) is 5.68. The van der Waals surface area contributed by atoms with Crippen LogP contribution in [-0.4, -0.2) is 37.0 Å². The Morgan fingerprint density at radius 1 is 1.30 bits per heavy atom. The predicted octanol–water partition coefficient (Wildman–Crippen LogP) is 6.82. The minimum Gasteiger partial charge on any atom is -0.493 e. The van der Waals surface area contributed by atoms with Crippen LogP contribution in [0.1, 0.15) is 102 Å². The molecule has 1 saturated carbocycles. The van der Waals surface area contributed by atoms with Gasteiger partial charge in [-0.2, -0.15) is 0 Å². The Labute approximate surface area is 238 Å². The highest BCUT2D eigenvalue weighted by Crippen LogP contribution is 2.48. The summed E-state index contributed by atoms with van der Waals surface area (Å²) in [5, 5.41) is 7.20. The van der Waals surface area contributed by atoms with E-state index in [1.165, 1.54) is 5.57 Å². The molecule has 1 aliphatic carbocycles. The zero-order valence-corrected chi connectivity index (χ0v) is 24.5. The van der Waals surface area contributed by atoms with E-state index in [0.29, 0.717) is 49.1 Å². The molecule has 0 radical (unpaired) electrons. The zero-order valence-electron chi connectivity index (χ0n) is 24.5. The molecule has 5 atom stereocenters. The normalized spacial score (nSPS) is 30.9. The van der Waals surface area contributed by atoms with Gasteiger partial charge in [0.05, 0.1) is 24.0 Å². The summed E-state index contributed by atoms with van der Waals surface area (Å²) in [7, 11) is 0. The molecule has 0 bridgehead atoms. The standard InChI is InChI=1S/C33H46FN3O3/c1-5-15-33(34)16-19-40-30-26(10-8-11-27(30)33)22(2)35-31-28-20-24(21-32(28,4)37-23(3)36-31)12-13-29(38)25-9-6-7-17-39-18-14-25/h5,8,10-11,22,24-25,35H,1,6-7,9,12-21H2,2-4H3,(H,36,37). The van der Waals surface area contributed by atoms with E-state index in [2.05, 4.69) is 31.1 Å². The number of aliphatic imine (C=N–C) groups is 1. The maximum absolute atomic E-state index is 15.8. The van der Waals surface area contributed by atoms with Gasteiger partial charge in [0.1, 0.15) is 23.0 Å². The average molecular weight is 552 g/mol. The topological polar surface area (TPSA) is 72.0 Å². The first-order valence-electron chi connectivity index (χ1n) is 15.2. The Kier molecular flexibility index (Phi) is 8.69. The number of rotatable bonds is 9. The maximum atomic E-state index is 15.8. The number of hydrogen-bond acceptors (Lipinski definition) is 6. The summed E-state index contributed by atoms with van der Waals surface area (Å²) in [5.41, 5.74) is 1.09. The number of benzene rings is 1. The van der Waals surface area contributed by atoms with Crippen molar-refractivity contribution in [3.05, 3.63) is 53.4 Å². The molecule has 1 aromatic carbocycles. The maximum Gasteiger partial charge on any atom is 0.146 e. The highest BCUT2D eigenvalue weighted by molar-refractivity contribution is 5.83. The minimum atomic E-state index is -1.45. The fourth-order valence-electron chi connectivity index (χ4n) is 7.27. The smallest absolute Gasteiger partial charge is 0.146 e. The van der Waals surface area contributed by atoms with E-state index in [-0.39, 0.29) is 23.9 Å². The van der Waals surface area contributed by atoms with Crippen LogP contribution in [0, 0.1) is 11.8 Å². The molecular weight excluding hydrogens is 505 g/mol. The molecule has 0 spiro atoms. The number of carbonyl (C=O) groups excluding carboxylic acids is 1. The van der Waals surface area contributed by atoms with Crippen molar-refractivity contribution in [2.45, 2.75) is 102 Å². The summed E-state index contributed by atoms with van der Waals surface area (Å²) in [5.74, 6) is 3.48. The van der Waals surface area contributed by atoms with Crippen LogP contribution >= 0.6 is 0 Å². The van der Waals surface area contributed by atoms with Gasteiger partial charge < -0.3 is 20.1 Å². The van der Waals surface area contributed by atoms with Crippen LogP contribution < -0.4 is 15.4 Å². The van der Waals surface area contributed by atoms with Crippen molar-refractivity contribution in [2.75, 3.05) is 19.8 Å². The number of fused-ring (bicyclic) bond motifs is 2. The third-order valence-corrected chi connectivity index (χ3v) is 9.38. The van der Waals surface area contributed by atoms with Gasteiger partial charge in [0, 0.05) is 49.5 Å². The van der Waals surface area contributed by atoms with Crippen molar-refractivity contribution in [2.24, 2.45) is 16.8 Å². The highest BCUT2D eigenvalue weighted by Gasteiger charge is 2.44. The van der Waals surface area contributed by atoms with Gasteiger partial charge >= 0.3 is 0 Å². The van der Waals surface area contributed by atoms with Crippen LogP contribution in [0.25, 0.3) is 0 Å². The first kappa shape index (κ1) is 28.8. The number of Topliss-reactive ketones (excluding diaryl/α,β-unsaturated/α-hetero) is 1. The van der Waals surface area contributed by atoms with Gasteiger partial charge in [-0.25, -0.2) is 4.39 Å². The van der Waals surface area contributed by atoms with Crippen LogP contribution in [0.3, 0.4) is 0 Å². The van der Waals surface area contributed by atoms with E-state index in [9.17, 15) is 4.79 Å². The van der Waals surface area contributed by atoms with Crippen LogP contribution in [0.5, 0.6) is 5.75 Å². The monoisotopic (exact) mass is 551 g/mol. The van der Waals surface area contributed by atoms with Crippen molar-refractivity contribution in [1.29, 1.82) is 0 Å². The number of carbonyl (C=O) groups is 1. The van der Waals surface area contributed by atoms with Gasteiger partial charge in [-0.3, -0.25) is 9.79 Å². The molecule has 5 rings (SSSR count). The molecule has 40 heavy (non-hydrogen) atoms. The first-order chi connectivity index (χ1) is 19.2. The van der Waals surface area contributed by atoms with Crippen molar-refractivity contribution in [3.63, 3.8) is 0 Å². The molecule has 2 N–H and O–H groups in total. The Bertz CT molecular complexity index is 1170. The van der Waals surface area contributed by atoms with E-state index in [0.717, 1.165) is 68.8 Å². The molecule has 1 aromatic rings. The lowest BCUT2D eigenvalue weighted by Crippen LogP contribution is -2.41. The lowest BCUT2D eigenvalue weighted by molar-refractivity contribution is -0.124. The number of amidine groups is 1. The van der Waals surface area contributed by atoms with Crippen molar-refractivity contribution >= 4 is 11.6 Å². The van der Waals surface area contributed by atoms with E-state index in [4.69, 9.17) is 14.5 Å². The predicted molar refractivity (Wildman–Crippen MR) is 157 cm³/mol. The summed E-state index contributed by atoms with van der Waals surface area (Å²) < 4.78 is 27.5. The number of nitrogens with zero attached hydrogens (tertiary/aromatic N) is 1. The van der Waals surface area contributed by atoms with E-state index >= 15 is 4.39 Å². The Balaban J connectivity index is 1.30. The molecular formula is C33H46FN3O3. The van der Waals surface area contributed by atoms with Crippen LogP contribution in [0.2, 0.25) is 0 Å². The third-order valence-electron chi connectivity index (χ3n) is 9.38. The largest absolute Gasteiger partial charge is 0.493 e. The number of ketones is 1. The SMILES string of the molecule is C=CCC1(F)CCOc2c(C(C)NC3=C4CC(CCC(=O)C5CCCCOCC5)CC4(C)N=C(C)N3)cccc21. The van der Waals surface area contributed by atoms with Crippen LogP contribution in [0.4, 0.5) is 4.39 Å². The fourth-order valence-corrected chi connectivity index (χ4v) is 7.27. The molecule has 5 unspecified atom stereocenters. The third kappa shape index (κ3) is 6.00. The van der Waals surface area contributed by atoms with Crippen molar-refractivity contribution in [3.8, 4) is 5.75 Å².